The van der Waals surface area contributed by atoms with Crippen LogP contribution in [0, 0.1) is 0 Å². The summed E-state index contributed by atoms with van der Waals surface area (Å²) in [7, 11) is 3.08. The number of ether oxygens (including phenoxy) is 2. The van der Waals surface area contributed by atoms with Crippen molar-refractivity contribution in [3.63, 3.8) is 0 Å². The molecule has 25 heavy (non-hydrogen) atoms. The molecule has 0 saturated heterocycles. The maximum absolute atomic E-state index is 12.7. The average Bonchev–Trinajstić information content (AvgIpc) is 3.08. The fraction of sp³-hybridized carbons (Fsp3) is 0.158. The maximum atomic E-state index is 12.7. The van der Waals surface area contributed by atoms with E-state index in [0.717, 1.165) is 5.56 Å². The number of benzene rings is 2. The van der Waals surface area contributed by atoms with Gasteiger partial charge in [-0.15, -0.1) is 0 Å². The number of aromatic nitrogens is 2. The highest BCUT2D eigenvalue weighted by Crippen LogP contribution is 2.25. The minimum absolute atomic E-state index is 0.287. The summed E-state index contributed by atoms with van der Waals surface area (Å²) in [6, 6.07) is 16.8. The van der Waals surface area contributed by atoms with E-state index < -0.39 is 0 Å². The molecule has 6 nitrogen and oxygen atoms in total. The van der Waals surface area contributed by atoms with Gasteiger partial charge in [-0.2, -0.15) is 5.10 Å². The Hall–Kier alpha value is -3.28. The summed E-state index contributed by atoms with van der Waals surface area (Å²) < 4.78 is 12.2. The molecule has 0 fully saturated rings. The topological polar surface area (TPSA) is 65.4 Å². The molecule has 2 aromatic carbocycles. The van der Waals surface area contributed by atoms with Crippen molar-refractivity contribution in [3.05, 3.63) is 71.9 Å². The lowest BCUT2D eigenvalue weighted by atomic mass is 10.1. The Morgan fingerprint density at radius 3 is 2.60 bits per heavy atom. The number of carbonyl (C=O) groups excluding carboxylic acids is 1. The Morgan fingerprint density at radius 1 is 1.08 bits per heavy atom. The van der Waals surface area contributed by atoms with Crippen molar-refractivity contribution >= 4 is 11.7 Å². The van der Waals surface area contributed by atoms with Gasteiger partial charge in [-0.05, 0) is 23.8 Å². The highest BCUT2D eigenvalue weighted by molar-refractivity contribution is 6.06. The molecule has 0 aliphatic heterocycles. The molecule has 6 heteroatoms. The van der Waals surface area contributed by atoms with E-state index in [0.29, 0.717) is 29.4 Å². The number of amides is 1. The number of nitrogens with one attached hydrogen (secondary N) is 1. The SMILES string of the molecule is COc1ccc(OC)c(C(=O)Nc2ccnn2Cc2ccccc2)c1. The van der Waals surface area contributed by atoms with Gasteiger partial charge in [-0.3, -0.25) is 4.79 Å². The largest absolute Gasteiger partial charge is 0.497 e. The Morgan fingerprint density at radius 2 is 1.88 bits per heavy atom. The van der Waals surface area contributed by atoms with Crippen LogP contribution in [0.1, 0.15) is 15.9 Å². The second kappa shape index (κ2) is 7.53. The summed E-state index contributed by atoms with van der Waals surface area (Å²) in [6.07, 6.45) is 1.65. The number of methoxy groups -OCH3 is 2. The monoisotopic (exact) mass is 337 g/mol. The van der Waals surface area contributed by atoms with Gasteiger partial charge in [0.2, 0.25) is 0 Å². The predicted molar refractivity (Wildman–Crippen MR) is 95.3 cm³/mol. The first-order valence-electron chi connectivity index (χ1n) is 7.80. The number of carbonyl (C=O) groups is 1. The lowest BCUT2D eigenvalue weighted by molar-refractivity contribution is 0.102. The smallest absolute Gasteiger partial charge is 0.260 e. The van der Waals surface area contributed by atoms with Crippen LogP contribution in [0.2, 0.25) is 0 Å². The molecule has 0 bridgehead atoms. The average molecular weight is 337 g/mol. The third-order valence-electron chi connectivity index (χ3n) is 3.78. The van der Waals surface area contributed by atoms with Crippen molar-refractivity contribution in [1.82, 2.24) is 9.78 Å². The van der Waals surface area contributed by atoms with Gasteiger partial charge in [0.1, 0.15) is 17.3 Å². The standard InChI is InChI=1S/C19H19N3O3/c1-24-15-8-9-17(25-2)16(12-15)19(23)21-18-10-11-20-22(18)13-14-6-4-3-5-7-14/h3-12H,13H2,1-2H3,(H,21,23). The molecular formula is C19H19N3O3. The molecule has 0 atom stereocenters. The number of nitrogens with zero attached hydrogens (tertiary/aromatic N) is 2. The zero-order chi connectivity index (χ0) is 17.6. The second-order valence-electron chi connectivity index (χ2n) is 5.38. The van der Waals surface area contributed by atoms with Gasteiger partial charge in [-0.1, -0.05) is 30.3 Å². The maximum Gasteiger partial charge on any atom is 0.260 e. The molecule has 0 aliphatic rings. The molecule has 1 amide bonds. The summed E-state index contributed by atoms with van der Waals surface area (Å²) in [4.78, 5) is 12.7. The summed E-state index contributed by atoms with van der Waals surface area (Å²) in [5.41, 5.74) is 1.50. The highest BCUT2D eigenvalue weighted by atomic mass is 16.5. The van der Waals surface area contributed by atoms with E-state index in [1.807, 2.05) is 30.3 Å². The summed E-state index contributed by atoms with van der Waals surface area (Å²) in [5.74, 6) is 1.39. The molecule has 0 unspecified atom stereocenters. The zero-order valence-electron chi connectivity index (χ0n) is 14.1. The summed E-state index contributed by atoms with van der Waals surface area (Å²) in [6.45, 7) is 0.568. The first kappa shape index (κ1) is 16.6. The van der Waals surface area contributed by atoms with E-state index >= 15 is 0 Å². The van der Waals surface area contributed by atoms with Crippen molar-refractivity contribution in [3.8, 4) is 11.5 Å². The van der Waals surface area contributed by atoms with E-state index in [4.69, 9.17) is 9.47 Å². The summed E-state index contributed by atoms with van der Waals surface area (Å²) >= 11 is 0. The molecular weight excluding hydrogens is 318 g/mol. The Bertz CT molecular complexity index is 859. The summed E-state index contributed by atoms with van der Waals surface area (Å²) in [5, 5.41) is 7.16. The molecule has 1 N–H and O–H groups in total. The second-order valence-corrected chi connectivity index (χ2v) is 5.38. The first-order valence-corrected chi connectivity index (χ1v) is 7.80. The molecule has 0 radical (unpaired) electrons. The van der Waals surface area contributed by atoms with E-state index in [9.17, 15) is 4.79 Å². The van der Waals surface area contributed by atoms with Crippen molar-refractivity contribution in [2.24, 2.45) is 0 Å². The van der Waals surface area contributed by atoms with Crippen LogP contribution in [-0.4, -0.2) is 29.9 Å². The molecule has 0 spiro atoms. The van der Waals surface area contributed by atoms with Crippen LogP contribution in [0.3, 0.4) is 0 Å². The Labute approximate surface area is 146 Å². The van der Waals surface area contributed by atoms with Gasteiger partial charge in [0.15, 0.2) is 0 Å². The molecule has 0 saturated carbocycles. The zero-order valence-corrected chi connectivity index (χ0v) is 14.1. The number of anilines is 1. The normalized spacial score (nSPS) is 10.3. The molecule has 1 aromatic heterocycles. The van der Waals surface area contributed by atoms with Crippen LogP contribution in [0.25, 0.3) is 0 Å². The Balaban J connectivity index is 1.82. The fourth-order valence-corrected chi connectivity index (χ4v) is 2.50. The molecule has 3 rings (SSSR count). The van der Waals surface area contributed by atoms with E-state index in [1.165, 1.54) is 7.11 Å². The highest BCUT2D eigenvalue weighted by Gasteiger charge is 2.15. The molecule has 3 aromatic rings. The number of hydrogen-bond donors (Lipinski definition) is 1. The van der Waals surface area contributed by atoms with E-state index in [-0.39, 0.29) is 5.91 Å². The van der Waals surface area contributed by atoms with Crippen molar-refractivity contribution in [1.29, 1.82) is 0 Å². The Kier molecular flexibility index (Phi) is 4.99. The third-order valence-corrected chi connectivity index (χ3v) is 3.78. The van der Waals surface area contributed by atoms with Gasteiger partial charge < -0.3 is 14.8 Å². The first-order chi connectivity index (χ1) is 12.2. The van der Waals surface area contributed by atoms with E-state index in [2.05, 4.69) is 10.4 Å². The van der Waals surface area contributed by atoms with Crippen molar-refractivity contribution < 1.29 is 14.3 Å². The van der Waals surface area contributed by atoms with Crippen molar-refractivity contribution in [2.75, 3.05) is 19.5 Å². The third kappa shape index (κ3) is 3.80. The van der Waals surface area contributed by atoms with Gasteiger partial charge in [0.05, 0.1) is 32.5 Å². The van der Waals surface area contributed by atoms with Crippen LogP contribution in [-0.2, 0) is 6.54 Å². The lowest BCUT2D eigenvalue weighted by Crippen LogP contribution is -2.17. The van der Waals surface area contributed by atoms with Crippen LogP contribution >= 0.6 is 0 Å². The quantitative estimate of drug-likeness (QED) is 0.750. The van der Waals surface area contributed by atoms with Crippen molar-refractivity contribution in [2.45, 2.75) is 6.54 Å². The van der Waals surface area contributed by atoms with E-state index in [1.54, 1.807) is 42.3 Å². The van der Waals surface area contributed by atoms with Gasteiger partial charge >= 0.3 is 0 Å². The van der Waals surface area contributed by atoms with Gasteiger partial charge in [-0.25, -0.2) is 4.68 Å². The minimum Gasteiger partial charge on any atom is -0.497 e. The molecule has 1 heterocycles. The molecule has 0 aliphatic carbocycles. The van der Waals surface area contributed by atoms with Crippen LogP contribution in [0.4, 0.5) is 5.82 Å². The number of hydrogen-bond acceptors (Lipinski definition) is 4. The molecule has 128 valence electrons. The number of rotatable bonds is 6. The van der Waals surface area contributed by atoms with Crippen LogP contribution in [0.5, 0.6) is 11.5 Å². The van der Waals surface area contributed by atoms with Crippen LogP contribution in [0.15, 0.2) is 60.8 Å². The fourth-order valence-electron chi connectivity index (χ4n) is 2.50. The predicted octanol–water partition coefficient (Wildman–Crippen LogP) is 3.20. The van der Waals surface area contributed by atoms with Crippen LogP contribution < -0.4 is 14.8 Å². The van der Waals surface area contributed by atoms with Gasteiger partial charge in [0.25, 0.3) is 5.91 Å². The minimum atomic E-state index is -0.287. The van der Waals surface area contributed by atoms with Gasteiger partial charge in [0, 0.05) is 6.07 Å². The lowest BCUT2D eigenvalue weighted by Gasteiger charge is -2.12.